The first kappa shape index (κ1) is 14.1. The lowest BCUT2D eigenvalue weighted by Crippen LogP contribution is -2.46. The SMILES string of the molecule is C#CCNCC(=O)N1CC(C(=O)O)Cc2ccccc21. The van der Waals surface area contributed by atoms with Gasteiger partial charge in [-0.15, -0.1) is 6.42 Å². The topological polar surface area (TPSA) is 69.6 Å². The van der Waals surface area contributed by atoms with Crippen LogP contribution in [-0.2, 0) is 16.0 Å². The zero-order valence-electron chi connectivity index (χ0n) is 11.0. The maximum absolute atomic E-state index is 12.2. The number of terminal acetylenes is 1. The van der Waals surface area contributed by atoms with Gasteiger partial charge in [0.15, 0.2) is 0 Å². The van der Waals surface area contributed by atoms with Crippen molar-refractivity contribution in [2.24, 2.45) is 5.92 Å². The Hall–Kier alpha value is -2.32. The molecule has 20 heavy (non-hydrogen) atoms. The van der Waals surface area contributed by atoms with Gasteiger partial charge in [-0.05, 0) is 18.1 Å². The standard InChI is InChI=1S/C15H16N2O3/c1-2-7-16-9-14(18)17-10-12(15(19)20)8-11-5-3-4-6-13(11)17/h1,3-6,12,16H,7-10H2,(H,19,20). The first-order valence-electron chi connectivity index (χ1n) is 6.38. The van der Waals surface area contributed by atoms with E-state index in [1.54, 1.807) is 0 Å². The van der Waals surface area contributed by atoms with Gasteiger partial charge in [0.05, 0.1) is 19.0 Å². The molecule has 0 spiro atoms. The van der Waals surface area contributed by atoms with Gasteiger partial charge < -0.3 is 10.0 Å². The molecule has 0 aromatic heterocycles. The van der Waals surface area contributed by atoms with E-state index in [9.17, 15) is 14.7 Å². The molecule has 1 aliphatic heterocycles. The molecular weight excluding hydrogens is 256 g/mol. The Bertz CT molecular complexity index is 562. The molecule has 1 atom stereocenters. The van der Waals surface area contributed by atoms with E-state index in [1.807, 2.05) is 24.3 Å². The third-order valence-corrected chi connectivity index (χ3v) is 3.31. The minimum Gasteiger partial charge on any atom is -0.481 e. The smallest absolute Gasteiger partial charge is 0.308 e. The van der Waals surface area contributed by atoms with Gasteiger partial charge in [0.1, 0.15) is 0 Å². The third-order valence-electron chi connectivity index (χ3n) is 3.31. The number of carboxylic acid groups (broad SMARTS) is 1. The van der Waals surface area contributed by atoms with Crippen LogP contribution < -0.4 is 10.2 Å². The highest BCUT2D eigenvalue weighted by Gasteiger charge is 2.31. The molecule has 1 heterocycles. The zero-order chi connectivity index (χ0) is 14.5. The number of anilines is 1. The average Bonchev–Trinajstić information content (AvgIpc) is 2.46. The van der Waals surface area contributed by atoms with Crippen molar-refractivity contribution >= 4 is 17.6 Å². The second-order valence-electron chi connectivity index (χ2n) is 4.68. The van der Waals surface area contributed by atoms with E-state index < -0.39 is 11.9 Å². The second kappa shape index (κ2) is 6.22. The van der Waals surface area contributed by atoms with Crippen LogP contribution in [0.2, 0.25) is 0 Å². The fourth-order valence-electron chi connectivity index (χ4n) is 2.33. The zero-order valence-corrected chi connectivity index (χ0v) is 11.0. The van der Waals surface area contributed by atoms with Gasteiger partial charge in [-0.3, -0.25) is 14.9 Å². The number of carbonyl (C=O) groups excluding carboxylic acids is 1. The second-order valence-corrected chi connectivity index (χ2v) is 4.68. The summed E-state index contributed by atoms with van der Waals surface area (Å²) in [4.78, 5) is 24.9. The first-order chi connectivity index (χ1) is 9.63. The van der Waals surface area contributed by atoms with Crippen LogP contribution in [0.1, 0.15) is 5.56 Å². The molecule has 104 valence electrons. The van der Waals surface area contributed by atoms with Gasteiger partial charge in [-0.2, -0.15) is 0 Å². The lowest BCUT2D eigenvalue weighted by atomic mass is 9.92. The Labute approximate surface area is 117 Å². The minimum atomic E-state index is -0.881. The summed E-state index contributed by atoms with van der Waals surface area (Å²) in [5.41, 5.74) is 1.67. The number of amides is 1. The van der Waals surface area contributed by atoms with E-state index in [0.717, 1.165) is 11.3 Å². The van der Waals surface area contributed by atoms with Crippen molar-refractivity contribution in [3.63, 3.8) is 0 Å². The number of hydrogen-bond acceptors (Lipinski definition) is 3. The molecule has 1 aliphatic rings. The fourth-order valence-corrected chi connectivity index (χ4v) is 2.33. The Morgan fingerprint density at radius 1 is 1.45 bits per heavy atom. The molecule has 5 nitrogen and oxygen atoms in total. The van der Waals surface area contributed by atoms with Gasteiger partial charge >= 0.3 is 5.97 Å². The maximum Gasteiger partial charge on any atom is 0.308 e. The molecule has 1 amide bonds. The van der Waals surface area contributed by atoms with Crippen LogP contribution in [0, 0.1) is 18.3 Å². The summed E-state index contributed by atoms with van der Waals surface area (Å²) in [5, 5.41) is 12.0. The molecule has 0 bridgehead atoms. The van der Waals surface area contributed by atoms with Crippen molar-refractivity contribution < 1.29 is 14.7 Å². The molecule has 1 aromatic rings. The number of para-hydroxylation sites is 1. The van der Waals surface area contributed by atoms with Gasteiger partial charge in [0, 0.05) is 12.2 Å². The van der Waals surface area contributed by atoms with Gasteiger partial charge in [0.25, 0.3) is 0 Å². The number of aliphatic carboxylic acids is 1. The van der Waals surface area contributed by atoms with Crippen LogP contribution >= 0.6 is 0 Å². The molecule has 0 saturated carbocycles. The van der Waals surface area contributed by atoms with Crippen LogP contribution in [0.25, 0.3) is 0 Å². The van der Waals surface area contributed by atoms with Crippen LogP contribution in [0.15, 0.2) is 24.3 Å². The number of nitrogens with zero attached hydrogens (tertiary/aromatic N) is 1. The van der Waals surface area contributed by atoms with E-state index in [0.29, 0.717) is 13.0 Å². The van der Waals surface area contributed by atoms with Gasteiger partial charge in [-0.1, -0.05) is 24.1 Å². The van der Waals surface area contributed by atoms with Crippen molar-refractivity contribution in [3.05, 3.63) is 29.8 Å². The van der Waals surface area contributed by atoms with Crippen molar-refractivity contribution in [1.82, 2.24) is 5.32 Å². The highest BCUT2D eigenvalue weighted by Crippen LogP contribution is 2.29. The monoisotopic (exact) mass is 272 g/mol. The molecule has 2 rings (SSSR count). The number of hydrogen-bond donors (Lipinski definition) is 2. The number of fused-ring (bicyclic) bond motifs is 1. The van der Waals surface area contributed by atoms with Crippen LogP contribution in [0.3, 0.4) is 0 Å². The quantitative estimate of drug-likeness (QED) is 0.618. The average molecular weight is 272 g/mol. The number of carbonyl (C=O) groups is 2. The molecule has 0 saturated heterocycles. The van der Waals surface area contributed by atoms with Crippen LogP contribution in [-0.4, -0.2) is 36.6 Å². The first-order valence-corrected chi connectivity index (χ1v) is 6.38. The van der Waals surface area contributed by atoms with E-state index in [-0.39, 0.29) is 19.0 Å². The predicted molar refractivity (Wildman–Crippen MR) is 75.3 cm³/mol. The minimum absolute atomic E-state index is 0.102. The van der Waals surface area contributed by atoms with Crippen molar-refractivity contribution in [1.29, 1.82) is 0 Å². The highest BCUT2D eigenvalue weighted by atomic mass is 16.4. The largest absolute Gasteiger partial charge is 0.481 e. The summed E-state index contributed by atoms with van der Waals surface area (Å²) in [6.07, 6.45) is 5.57. The summed E-state index contributed by atoms with van der Waals surface area (Å²) in [6, 6.07) is 7.39. The van der Waals surface area contributed by atoms with Gasteiger partial charge in [-0.25, -0.2) is 0 Å². The molecule has 1 unspecified atom stereocenters. The summed E-state index contributed by atoms with van der Waals surface area (Å²) >= 11 is 0. The Morgan fingerprint density at radius 3 is 2.90 bits per heavy atom. The maximum atomic E-state index is 12.2. The summed E-state index contributed by atoms with van der Waals surface area (Å²) < 4.78 is 0. The van der Waals surface area contributed by atoms with Crippen molar-refractivity contribution in [2.45, 2.75) is 6.42 Å². The molecular formula is C15H16N2O3. The Morgan fingerprint density at radius 2 is 2.20 bits per heavy atom. The van der Waals surface area contributed by atoms with E-state index in [1.165, 1.54) is 4.90 Å². The molecule has 5 heteroatoms. The van der Waals surface area contributed by atoms with E-state index in [2.05, 4.69) is 11.2 Å². The normalized spacial score (nSPS) is 17.1. The lowest BCUT2D eigenvalue weighted by Gasteiger charge is -2.33. The van der Waals surface area contributed by atoms with E-state index in [4.69, 9.17) is 6.42 Å². The lowest BCUT2D eigenvalue weighted by molar-refractivity contribution is -0.141. The molecule has 0 aliphatic carbocycles. The van der Waals surface area contributed by atoms with E-state index >= 15 is 0 Å². The molecule has 0 radical (unpaired) electrons. The third kappa shape index (κ3) is 2.98. The fraction of sp³-hybridized carbons (Fsp3) is 0.333. The Balaban J connectivity index is 2.20. The number of carboxylic acids is 1. The highest BCUT2D eigenvalue weighted by molar-refractivity contribution is 5.97. The predicted octanol–water partition coefficient (Wildman–Crippen LogP) is 0.499. The molecule has 1 aromatic carbocycles. The number of nitrogens with one attached hydrogen (secondary N) is 1. The summed E-state index contributed by atoms with van der Waals surface area (Å²) in [6.45, 7) is 0.609. The number of rotatable bonds is 4. The molecule has 2 N–H and O–H groups in total. The van der Waals surface area contributed by atoms with Crippen LogP contribution in [0.5, 0.6) is 0 Å². The van der Waals surface area contributed by atoms with Crippen molar-refractivity contribution in [2.75, 3.05) is 24.5 Å². The summed E-state index contributed by atoms with van der Waals surface area (Å²) in [7, 11) is 0. The van der Waals surface area contributed by atoms with Crippen LogP contribution in [0.4, 0.5) is 5.69 Å². The van der Waals surface area contributed by atoms with Crippen molar-refractivity contribution in [3.8, 4) is 12.3 Å². The molecule has 0 fully saturated rings. The van der Waals surface area contributed by atoms with Gasteiger partial charge in [0.2, 0.25) is 5.91 Å². The number of benzene rings is 1. The summed E-state index contributed by atoms with van der Waals surface area (Å²) in [5.74, 6) is 0.780. The Kier molecular flexibility index (Phi) is 4.38.